The van der Waals surface area contributed by atoms with Gasteiger partial charge in [0, 0.05) is 6.54 Å². The minimum atomic E-state index is -0.528. The molecule has 3 rings (SSSR count). The van der Waals surface area contributed by atoms with Crippen molar-refractivity contribution in [3.63, 3.8) is 0 Å². The van der Waals surface area contributed by atoms with Gasteiger partial charge in [-0.25, -0.2) is 14.3 Å². The molecule has 3 aromatic rings. The van der Waals surface area contributed by atoms with E-state index >= 15 is 0 Å². The molecule has 170 valence electrons. The Balaban J connectivity index is 1.62. The third kappa shape index (κ3) is 6.10. The Labute approximate surface area is 190 Å². The number of ether oxygens (including phenoxy) is 2. The Kier molecular flexibility index (Phi) is 7.19. The summed E-state index contributed by atoms with van der Waals surface area (Å²) in [4.78, 5) is 24.1. The lowest BCUT2D eigenvalue weighted by atomic mass is 10.1. The van der Waals surface area contributed by atoms with Crippen molar-refractivity contribution < 1.29 is 19.1 Å². The van der Waals surface area contributed by atoms with Crippen LogP contribution in [-0.2, 0) is 22.6 Å². The number of nitrogens with one attached hydrogen (secondary N) is 3. The minimum Gasteiger partial charge on any atom is -0.462 e. The molecule has 0 aliphatic heterocycles. The molecule has 0 fully saturated rings. The maximum atomic E-state index is 11.9. The molecule has 0 atom stereocenters. The van der Waals surface area contributed by atoms with E-state index in [1.807, 2.05) is 51.1 Å². The summed E-state index contributed by atoms with van der Waals surface area (Å²) in [5, 5.41) is 11.0. The largest absolute Gasteiger partial charge is 0.462 e. The van der Waals surface area contributed by atoms with Crippen LogP contribution in [0.3, 0.4) is 0 Å². The van der Waals surface area contributed by atoms with Gasteiger partial charge in [-0.1, -0.05) is 35.6 Å². The second-order valence-corrected chi connectivity index (χ2v) is 9.18. The fourth-order valence-electron chi connectivity index (χ4n) is 2.97. The monoisotopic (exact) mass is 456 g/mol. The first-order valence-electron chi connectivity index (χ1n) is 10.3. The second-order valence-electron chi connectivity index (χ2n) is 8.15. The van der Waals surface area contributed by atoms with Crippen molar-refractivity contribution in [2.24, 2.45) is 0 Å². The minimum absolute atomic E-state index is 0.322. The van der Waals surface area contributed by atoms with Gasteiger partial charge < -0.3 is 20.2 Å². The zero-order valence-corrected chi connectivity index (χ0v) is 19.5. The Morgan fingerprint density at radius 2 is 1.72 bits per heavy atom. The standard InChI is InChI=1S/C23H28N4O4S/c1-5-30-20(28)17-10-11-18-19(12-17)32-21(24)27(18)26-14-16-8-6-15(7-9-16)13-25-22(29)31-23(2,3)4/h6-12,24,26H,5,13-14H2,1-4H3,(H,25,29). The fraction of sp³-hybridized carbons (Fsp3) is 0.348. The number of amides is 1. The van der Waals surface area contributed by atoms with Crippen LogP contribution >= 0.6 is 11.3 Å². The molecule has 0 aliphatic rings. The van der Waals surface area contributed by atoms with Crippen molar-refractivity contribution in [2.75, 3.05) is 12.0 Å². The third-order valence-corrected chi connectivity index (χ3v) is 5.34. The molecule has 0 unspecified atom stereocenters. The SMILES string of the molecule is CCOC(=O)c1ccc2c(c1)sc(=N)n2NCc1ccc(CNC(=O)OC(C)(C)C)cc1. The Bertz CT molecular complexity index is 1160. The van der Waals surface area contributed by atoms with Gasteiger partial charge in [0.15, 0.2) is 0 Å². The van der Waals surface area contributed by atoms with Crippen LogP contribution in [0.4, 0.5) is 4.79 Å². The molecule has 0 spiro atoms. The summed E-state index contributed by atoms with van der Waals surface area (Å²) in [6.45, 7) is 8.46. The van der Waals surface area contributed by atoms with Crippen LogP contribution in [0.5, 0.6) is 0 Å². The van der Waals surface area contributed by atoms with Crippen LogP contribution < -0.4 is 15.5 Å². The number of nitrogens with zero attached hydrogens (tertiary/aromatic N) is 1. The van der Waals surface area contributed by atoms with Crippen molar-refractivity contribution >= 4 is 33.6 Å². The van der Waals surface area contributed by atoms with Crippen LogP contribution in [0, 0.1) is 5.41 Å². The number of thiazole rings is 1. The average molecular weight is 457 g/mol. The molecular weight excluding hydrogens is 428 g/mol. The van der Waals surface area contributed by atoms with E-state index in [4.69, 9.17) is 14.9 Å². The van der Waals surface area contributed by atoms with E-state index in [0.29, 0.717) is 30.1 Å². The number of fused-ring (bicyclic) bond motifs is 1. The predicted molar refractivity (Wildman–Crippen MR) is 124 cm³/mol. The van der Waals surface area contributed by atoms with Crippen molar-refractivity contribution in [1.29, 1.82) is 5.41 Å². The number of rotatable bonds is 7. The van der Waals surface area contributed by atoms with Gasteiger partial charge in [0.1, 0.15) is 5.60 Å². The topological polar surface area (TPSA) is 105 Å². The quantitative estimate of drug-likeness (QED) is 0.464. The maximum Gasteiger partial charge on any atom is 0.407 e. The smallest absolute Gasteiger partial charge is 0.407 e. The van der Waals surface area contributed by atoms with Crippen molar-refractivity contribution in [3.05, 3.63) is 64.0 Å². The maximum absolute atomic E-state index is 11.9. The lowest BCUT2D eigenvalue weighted by molar-refractivity contribution is 0.0514. The number of aromatic nitrogens is 1. The molecule has 9 heteroatoms. The molecule has 8 nitrogen and oxygen atoms in total. The van der Waals surface area contributed by atoms with Crippen molar-refractivity contribution in [1.82, 2.24) is 9.99 Å². The molecular formula is C23H28N4O4S. The van der Waals surface area contributed by atoms with E-state index in [9.17, 15) is 9.59 Å². The van der Waals surface area contributed by atoms with E-state index in [2.05, 4.69) is 10.7 Å². The highest BCUT2D eigenvalue weighted by molar-refractivity contribution is 7.16. The summed E-state index contributed by atoms with van der Waals surface area (Å²) in [6.07, 6.45) is -0.446. The van der Waals surface area contributed by atoms with Crippen LogP contribution in [0.25, 0.3) is 10.2 Å². The van der Waals surface area contributed by atoms with Gasteiger partial charge in [0.05, 0.1) is 28.9 Å². The van der Waals surface area contributed by atoms with Crippen LogP contribution in [-0.4, -0.2) is 28.9 Å². The molecule has 1 heterocycles. The van der Waals surface area contributed by atoms with E-state index in [1.165, 1.54) is 11.3 Å². The van der Waals surface area contributed by atoms with E-state index in [1.54, 1.807) is 23.7 Å². The summed E-state index contributed by atoms with van der Waals surface area (Å²) >= 11 is 1.29. The summed E-state index contributed by atoms with van der Waals surface area (Å²) in [6, 6.07) is 13.1. The highest BCUT2D eigenvalue weighted by Crippen LogP contribution is 2.19. The number of carbonyl (C=O) groups excluding carboxylic acids is 2. The van der Waals surface area contributed by atoms with Crippen LogP contribution in [0.15, 0.2) is 42.5 Å². The van der Waals surface area contributed by atoms with Gasteiger partial charge in [-0.3, -0.25) is 5.41 Å². The third-order valence-electron chi connectivity index (χ3n) is 4.42. The second kappa shape index (κ2) is 9.86. The van der Waals surface area contributed by atoms with Crippen LogP contribution in [0.2, 0.25) is 0 Å². The number of hydrogen-bond acceptors (Lipinski definition) is 7. The predicted octanol–water partition coefficient (Wildman–Crippen LogP) is 4.13. The molecule has 0 aliphatic carbocycles. The highest BCUT2D eigenvalue weighted by atomic mass is 32.1. The van der Waals surface area contributed by atoms with Crippen molar-refractivity contribution in [2.45, 2.75) is 46.4 Å². The Hall–Kier alpha value is -3.33. The summed E-state index contributed by atoms with van der Waals surface area (Å²) < 4.78 is 12.8. The molecule has 3 N–H and O–H groups in total. The summed E-state index contributed by atoms with van der Waals surface area (Å²) in [7, 11) is 0. The van der Waals surface area contributed by atoms with Crippen LogP contribution in [0.1, 0.15) is 49.2 Å². The molecule has 32 heavy (non-hydrogen) atoms. The average Bonchev–Trinajstić information content (AvgIpc) is 3.04. The molecule has 2 aromatic carbocycles. The lowest BCUT2D eigenvalue weighted by Gasteiger charge is -2.19. The van der Waals surface area contributed by atoms with Gasteiger partial charge >= 0.3 is 12.1 Å². The van der Waals surface area contributed by atoms with Gasteiger partial charge in [-0.05, 0) is 57.0 Å². The molecule has 0 bridgehead atoms. The van der Waals surface area contributed by atoms with E-state index in [-0.39, 0.29) is 5.97 Å². The van der Waals surface area contributed by atoms with E-state index < -0.39 is 11.7 Å². The van der Waals surface area contributed by atoms with E-state index in [0.717, 1.165) is 21.3 Å². The first-order valence-corrected chi connectivity index (χ1v) is 11.1. The van der Waals surface area contributed by atoms with Gasteiger partial charge in [-0.15, -0.1) is 0 Å². The zero-order valence-electron chi connectivity index (χ0n) is 18.7. The van der Waals surface area contributed by atoms with Gasteiger partial charge in [-0.2, -0.15) is 0 Å². The normalized spacial score (nSPS) is 11.2. The first kappa shape index (κ1) is 23.3. The number of carbonyl (C=O) groups is 2. The highest BCUT2D eigenvalue weighted by Gasteiger charge is 2.15. The molecule has 1 aromatic heterocycles. The molecule has 1 amide bonds. The van der Waals surface area contributed by atoms with Crippen molar-refractivity contribution in [3.8, 4) is 0 Å². The molecule has 0 saturated heterocycles. The van der Waals surface area contributed by atoms with Gasteiger partial charge in [0.25, 0.3) is 0 Å². The number of benzene rings is 2. The molecule has 0 saturated carbocycles. The first-order chi connectivity index (χ1) is 15.2. The Morgan fingerprint density at radius 1 is 1.06 bits per heavy atom. The van der Waals surface area contributed by atoms with Gasteiger partial charge in [0.2, 0.25) is 4.80 Å². The fourth-order valence-corrected chi connectivity index (χ4v) is 3.88. The summed E-state index contributed by atoms with van der Waals surface area (Å²) in [5.41, 5.74) is 6.02. The number of esters is 1. The summed E-state index contributed by atoms with van der Waals surface area (Å²) in [5.74, 6) is -0.366. The molecule has 0 radical (unpaired) electrons. The Morgan fingerprint density at radius 3 is 2.34 bits per heavy atom. The zero-order chi connectivity index (χ0) is 23.3. The lowest BCUT2D eigenvalue weighted by Crippen LogP contribution is -2.32. The number of hydrogen-bond donors (Lipinski definition) is 3. The number of alkyl carbamates (subject to hydrolysis) is 1.